The minimum atomic E-state index is -2.88. The number of alkyl halides is 2. The molecular weight excluding hydrogens is 324 g/mol. The van der Waals surface area contributed by atoms with E-state index in [0.717, 1.165) is 0 Å². The van der Waals surface area contributed by atoms with Crippen molar-refractivity contribution in [1.82, 2.24) is 4.90 Å². The second-order valence-corrected chi connectivity index (χ2v) is 7.93. The van der Waals surface area contributed by atoms with E-state index in [9.17, 15) is 28.6 Å². The summed E-state index contributed by atoms with van der Waals surface area (Å²) in [6.45, 7) is 4.96. The highest BCUT2D eigenvalue weighted by atomic mass is 19.3. The number of ether oxygens (including phenoxy) is 1. The topological polar surface area (TPSA) is 87.1 Å². The quantitative estimate of drug-likeness (QED) is 0.800. The number of carbonyl (C=O) groups is 2. The molecule has 0 aromatic rings. The van der Waals surface area contributed by atoms with Gasteiger partial charge in [-0.1, -0.05) is 0 Å². The average Bonchev–Trinajstić information content (AvgIpc) is 2.88. The summed E-state index contributed by atoms with van der Waals surface area (Å²) in [5.41, 5.74) is -4.12. The van der Waals surface area contributed by atoms with Crippen LogP contribution in [-0.2, 0) is 9.53 Å². The molecule has 1 amide bonds. The third kappa shape index (κ3) is 3.48. The van der Waals surface area contributed by atoms with Crippen molar-refractivity contribution in [1.29, 1.82) is 0 Å². The number of carboxylic acid groups (broad SMARTS) is 1. The van der Waals surface area contributed by atoms with Crippen molar-refractivity contribution in [3.8, 4) is 0 Å². The Bertz CT molecular complexity index is 521. The number of hydrogen-bond acceptors (Lipinski definition) is 4. The third-order valence-corrected chi connectivity index (χ3v) is 5.03. The van der Waals surface area contributed by atoms with Crippen molar-refractivity contribution < 1.29 is 33.3 Å². The van der Waals surface area contributed by atoms with E-state index in [1.807, 2.05) is 0 Å². The van der Waals surface area contributed by atoms with Gasteiger partial charge in [0.15, 0.2) is 0 Å². The summed E-state index contributed by atoms with van der Waals surface area (Å²) in [5, 5.41) is 20.6. The molecule has 0 radical (unpaired) electrons. The first-order valence-electron chi connectivity index (χ1n) is 8.12. The molecule has 0 spiro atoms. The van der Waals surface area contributed by atoms with E-state index in [2.05, 4.69) is 0 Å². The highest BCUT2D eigenvalue weighted by molar-refractivity contribution is 5.79. The lowest BCUT2D eigenvalue weighted by Crippen LogP contribution is -2.57. The fraction of sp³-hybridized carbons (Fsp3) is 0.875. The van der Waals surface area contributed by atoms with Crippen LogP contribution in [-0.4, -0.2) is 57.4 Å². The second kappa shape index (κ2) is 5.82. The van der Waals surface area contributed by atoms with Crippen LogP contribution in [0.2, 0.25) is 0 Å². The third-order valence-electron chi connectivity index (χ3n) is 5.03. The fourth-order valence-corrected chi connectivity index (χ4v) is 3.55. The van der Waals surface area contributed by atoms with Crippen LogP contribution in [0.3, 0.4) is 0 Å². The Morgan fingerprint density at radius 3 is 2.08 bits per heavy atom. The van der Waals surface area contributed by atoms with E-state index < -0.39 is 47.4 Å². The zero-order valence-electron chi connectivity index (χ0n) is 14.3. The molecule has 1 aliphatic carbocycles. The molecule has 0 aromatic carbocycles. The van der Waals surface area contributed by atoms with E-state index >= 15 is 0 Å². The van der Waals surface area contributed by atoms with Crippen LogP contribution in [0.1, 0.15) is 52.9 Å². The molecule has 138 valence electrons. The minimum Gasteiger partial charge on any atom is -0.481 e. The number of hydrogen-bond donors (Lipinski definition) is 2. The number of amides is 1. The lowest BCUT2D eigenvalue weighted by Gasteiger charge is -2.45. The van der Waals surface area contributed by atoms with E-state index in [1.165, 1.54) is 4.90 Å². The predicted octanol–water partition coefficient (Wildman–Crippen LogP) is 2.64. The SMILES string of the molecule is CC(C)(C)OC(=O)N1CCC(C(=O)O)(C2(O)CCC(F)(F)CC2)C1. The molecule has 8 heteroatoms. The van der Waals surface area contributed by atoms with Crippen LogP contribution in [0.4, 0.5) is 13.6 Å². The molecule has 0 aromatic heterocycles. The highest BCUT2D eigenvalue weighted by Crippen LogP contribution is 2.51. The number of aliphatic hydroxyl groups is 1. The van der Waals surface area contributed by atoms with Crippen LogP contribution in [0.15, 0.2) is 0 Å². The number of likely N-dealkylation sites (tertiary alicyclic amines) is 1. The van der Waals surface area contributed by atoms with Gasteiger partial charge in [-0.25, -0.2) is 13.6 Å². The monoisotopic (exact) mass is 349 g/mol. The number of rotatable bonds is 2. The zero-order valence-corrected chi connectivity index (χ0v) is 14.3. The first-order chi connectivity index (χ1) is 10.8. The fourth-order valence-electron chi connectivity index (χ4n) is 3.55. The Morgan fingerprint density at radius 2 is 1.62 bits per heavy atom. The Kier molecular flexibility index (Phi) is 4.58. The molecule has 24 heavy (non-hydrogen) atoms. The van der Waals surface area contributed by atoms with Crippen LogP contribution in [0, 0.1) is 5.41 Å². The van der Waals surface area contributed by atoms with Crippen molar-refractivity contribution in [3.63, 3.8) is 0 Å². The molecular formula is C16H25F2NO5. The van der Waals surface area contributed by atoms with Crippen molar-refractivity contribution in [2.24, 2.45) is 5.41 Å². The van der Waals surface area contributed by atoms with Crippen molar-refractivity contribution in [2.75, 3.05) is 13.1 Å². The Morgan fingerprint density at radius 1 is 1.08 bits per heavy atom. The molecule has 1 atom stereocenters. The van der Waals surface area contributed by atoms with E-state index in [-0.39, 0.29) is 32.4 Å². The molecule has 1 unspecified atom stereocenters. The van der Waals surface area contributed by atoms with Crippen LogP contribution in [0.25, 0.3) is 0 Å². The normalized spacial score (nSPS) is 29.3. The summed E-state index contributed by atoms with van der Waals surface area (Å²) in [6.07, 6.45) is -2.34. The molecule has 1 aliphatic heterocycles. The van der Waals surface area contributed by atoms with Gasteiger partial charge in [-0.3, -0.25) is 4.79 Å². The summed E-state index contributed by atoms with van der Waals surface area (Å²) in [7, 11) is 0. The van der Waals surface area contributed by atoms with Gasteiger partial charge in [-0.05, 0) is 40.0 Å². The number of nitrogens with zero attached hydrogens (tertiary/aromatic N) is 1. The standard InChI is InChI=1S/C16H25F2NO5/c1-13(2,3)24-12(22)19-9-8-14(10-19,11(20)21)15(23)4-6-16(17,18)7-5-15/h23H,4-10H2,1-3H3,(H,20,21). The van der Waals surface area contributed by atoms with Gasteiger partial charge in [0.25, 0.3) is 0 Å². The number of carbonyl (C=O) groups excluding carboxylic acids is 1. The maximum atomic E-state index is 13.4. The lowest BCUT2D eigenvalue weighted by molar-refractivity contribution is -0.186. The Balaban J connectivity index is 2.19. The van der Waals surface area contributed by atoms with Gasteiger partial charge < -0.3 is 19.8 Å². The van der Waals surface area contributed by atoms with Gasteiger partial charge in [0.2, 0.25) is 5.92 Å². The van der Waals surface area contributed by atoms with Gasteiger partial charge in [0, 0.05) is 25.9 Å². The number of halogens is 2. The average molecular weight is 349 g/mol. The summed E-state index contributed by atoms with van der Waals surface area (Å²) >= 11 is 0. The maximum Gasteiger partial charge on any atom is 0.410 e. The largest absolute Gasteiger partial charge is 0.481 e. The molecule has 0 bridgehead atoms. The zero-order chi connectivity index (χ0) is 18.4. The molecule has 1 heterocycles. The molecule has 2 fully saturated rings. The summed E-state index contributed by atoms with van der Waals surface area (Å²) in [4.78, 5) is 25.3. The second-order valence-electron chi connectivity index (χ2n) is 7.93. The number of aliphatic carboxylic acids is 1. The van der Waals surface area contributed by atoms with Gasteiger partial charge in [0.05, 0.1) is 5.60 Å². The smallest absolute Gasteiger partial charge is 0.410 e. The lowest BCUT2D eigenvalue weighted by atomic mass is 9.63. The molecule has 2 N–H and O–H groups in total. The van der Waals surface area contributed by atoms with Crippen LogP contribution < -0.4 is 0 Å². The molecule has 1 saturated heterocycles. The first kappa shape index (κ1) is 18.9. The summed E-state index contributed by atoms with van der Waals surface area (Å²) in [5.74, 6) is -4.14. The highest BCUT2D eigenvalue weighted by Gasteiger charge is 2.62. The van der Waals surface area contributed by atoms with Gasteiger partial charge in [0.1, 0.15) is 11.0 Å². The van der Waals surface area contributed by atoms with Crippen LogP contribution >= 0.6 is 0 Å². The first-order valence-corrected chi connectivity index (χ1v) is 8.12. The van der Waals surface area contributed by atoms with E-state index in [0.29, 0.717) is 0 Å². The van der Waals surface area contributed by atoms with Crippen molar-refractivity contribution in [2.45, 2.75) is 70.0 Å². The van der Waals surface area contributed by atoms with Crippen LogP contribution in [0.5, 0.6) is 0 Å². The van der Waals surface area contributed by atoms with E-state index in [1.54, 1.807) is 20.8 Å². The van der Waals surface area contributed by atoms with Crippen molar-refractivity contribution in [3.05, 3.63) is 0 Å². The summed E-state index contributed by atoms with van der Waals surface area (Å²) < 4.78 is 32.1. The van der Waals surface area contributed by atoms with Gasteiger partial charge in [-0.2, -0.15) is 0 Å². The Hall–Kier alpha value is -1.44. The number of carboxylic acids is 1. The molecule has 2 aliphatic rings. The molecule has 1 saturated carbocycles. The molecule has 6 nitrogen and oxygen atoms in total. The minimum absolute atomic E-state index is 0.0175. The Labute approximate surface area is 139 Å². The van der Waals surface area contributed by atoms with Crippen molar-refractivity contribution >= 4 is 12.1 Å². The summed E-state index contributed by atoms with van der Waals surface area (Å²) in [6, 6.07) is 0. The maximum absolute atomic E-state index is 13.4. The van der Waals surface area contributed by atoms with Gasteiger partial charge >= 0.3 is 12.1 Å². The van der Waals surface area contributed by atoms with Gasteiger partial charge in [-0.15, -0.1) is 0 Å². The predicted molar refractivity (Wildman–Crippen MR) is 80.9 cm³/mol. The van der Waals surface area contributed by atoms with E-state index in [4.69, 9.17) is 4.74 Å². The molecule has 2 rings (SSSR count).